The number of aryl methyl sites for hydroxylation is 3. The van der Waals surface area contributed by atoms with E-state index in [2.05, 4.69) is 69.3 Å². The first-order chi connectivity index (χ1) is 30.3. The van der Waals surface area contributed by atoms with Gasteiger partial charge in [-0.1, -0.05) is 130 Å². The third kappa shape index (κ3) is 9.88. The summed E-state index contributed by atoms with van der Waals surface area (Å²) in [6.45, 7) is 9.35. The van der Waals surface area contributed by atoms with E-state index in [1.807, 2.05) is 19.1 Å². The maximum atomic E-state index is 14.0. The molecule has 6 atom stereocenters. The molecule has 5 fully saturated rings. The van der Waals surface area contributed by atoms with Crippen LogP contribution in [0.5, 0.6) is 0 Å². The van der Waals surface area contributed by atoms with Crippen LogP contribution in [0.25, 0.3) is 0 Å². The zero-order valence-corrected chi connectivity index (χ0v) is 38.7. The smallest absolute Gasteiger partial charge is 0.269 e. The molecule has 9 rings (SSSR count). The first-order valence-electron chi connectivity index (χ1n) is 23.7. The van der Waals surface area contributed by atoms with E-state index in [-0.39, 0.29) is 41.5 Å². The van der Waals surface area contributed by atoms with Crippen LogP contribution in [-0.4, -0.2) is 24.1 Å². The van der Waals surface area contributed by atoms with Gasteiger partial charge in [0.2, 0.25) is 0 Å². The van der Waals surface area contributed by atoms with Crippen LogP contribution in [0.2, 0.25) is 0 Å². The Morgan fingerprint density at radius 3 is 1.39 bits per heavy atom. The van der Waals surface area contributed by atoms with E-state index < -0.39 is 28.7 Å². The molecule has 8 N–H and O–H groups in total. The lowest BCUT2D eigenvalue weighted by molar-refractivity contribution is -0.209. The Hall–Kier alpha value is -3.67. The Bertz CT molecular complexity index is 2160. The lowest BCUT2D eigenvalue weighted by atomic mass is 9.62. The van der Waals surface area contributed by atoms with Gasteiger partial charge >= 0.3 is 0 Å². The normalized spacial score (nSPS) is 31.7. The number of halogens is 5. The topological polar surface area (TPSA) is 113 Å². The Balaban J connectivity index is 0.000000142. The van der Waals surface area contributed by atoms with Gasteiger partial charge in [-0.2, -0.15) is 0 Å². The highest BCUT2D eigenvalue weighted by Crippen LogP contribution is 2.52. The molecule has 5 nitrogen and oxygen atoms in total. The summed E-state index contributed by atoms with van der Waals surface area (Å²) in [5.41, 5.74) is 28.6. The van der Waals surface area contributed by atoms with Crippen molar-refractivity contribution in [1.29, 1.82) is 0 Å². The molecule has 0 aromatic heterocycles. The second kappa shape index (κ2) is 20.1. The van der Waals surface area contributed by atoms with Crippen LogP contribution >= 0.6 is 0 Å². The predicted molar refractivity (Wildman–Crippen MR) is 250 cm³/mol. The van der Waals surface area contributed by atoms with Crippen molar-refractivity contribution in [3.63, 3.8) is 0 Å². The van der Waals surface area contributed by atoms with Crippen molar-refractivity contribution in [2.24, 2.45) is 28.9 Å². The highest BCUT2D eigenvalue weighted by molar-refractivity contribution is 5.38. The molecule has 350 valence electrons. The van der Waals surface area contributed by atoms with E-state index in [1.54, 1.807) is 12.1 Å². The molecule has 1 spiro atoms. The fraction of sp³-hybridized carbons (Fsp3) is 0.556. The average molecular weight is 889 g/mol. The molecule has 1 saturated heterocycles. The molecule has 5 aliphatic rings. The van der Waals surface area contributed by atoms with E-state index >= 15 is 0 Å². The van der Waals surface area contributed by atoms with Crippen molar-refractivity contribution in [1.82, 2.24) is 0 Å². The van der Waals surface area contributed by atoms with Crippen molar-refractivity contribution < 1.29 is 26.7 Å². The molecule has 0 bridgehead atoms. The maximum absolute atomic E-state index is 14.0. The zero-order chi connectivity index (χ0) is 46.4. The zero-order valence-electron chi connectivity index (χ0n) is 38.7. The molecule has 1 heterocycles. The van der Waals surface area contributed by atoms with Crippen LogP contribution in [0.3, 0.4) is 0 Å². The van der Waals surface area contributed by atoms with Crippen molar-refractivity contribution in [2.75, 3.05) is 6.61 Å². The van der Waals surface area contributed by atoms with E-state index in [0.717, 1.165) is 50.3 Å². The number of rotatable bonds is 4. The number of nitrogens with two attached hydrogens (primary N) is 4. The molecular formula is C54H73F5N4O. The van der Waals surface area contributed by atoms with Crippen LogP contribution < -0.4 is 22.9 Å². The minimum atomic E-state index is -2.96. The van der Waals surface area contributed by atoms with Crippen LogP contribution in [-0.2, 0) is 26.9 Å². The highest BCUT2D eigenvalue weighted by atomic mass is 19.3. The van der Waals surface area contributed by atoms with Crippen LogP contribution in [0.15, 0.2) is 97.1 Å². The Morgan fingerprint density at radius 2 is 0.922 bits per heavy atom. The predicted octanol–water partition coefficient (Wildman–Crippen LogP) is 12.8. The van der Waals surface area contributed by atoms with Crippen LogP contribution in [0.4, 0.5) is 22.0 Å². The minimum Gasteiger partial charge on any atom is -0.373 e. The van der Waals surface area contributed by atoms with Gasteiger partial charge in [0.15, 0.2) is 0 Å². The van der Waals surface area contributed by atoms with Crippen molar-refractivity contribution in [2.45, 2.75) is 176 Å². The lowest BCUT2D eigenvalue weighted by Crippen LogP contribution is -2.66. The monoisotopic (exact) mass is 889 g/mol. The number of hydrogen-bond acceptors (Lipinski definition) is 5. The second-order valence-electron chi connectivity index (χ2n) is 19.7. The number of benzene rings is 4. The summed E-state index contributed by atoms with van der Waals surface area (Å²) in [6, 6.07) is 29.5. The summed E-state index contributed by atoms with van der Waals surface area (Å²) in [5, 5.41) is 0. The van der Waals surface area contributed by atoms with E-state index in [4.69, 9.17) is 27.7 Å². The molecular weight excluding hydrogens is 816 g/mol. The first kappa shape index (κ1) is 49.8. The molecule has 4 aromatic rings. The fourth-order valence-corrected chi connectivity index (χ4v) is 11.3. The minimum absolute atomic E-state index is 0.0721. The third-order valence-electron chi connectivity index (χ3n) is 15.6. The Labute approximate surface area is 379 Å². The number of ether oxygens (including phenoxy) is 1. The van der Waals surface area contributed by atoms with Gasteiger partial charge in [-0.05, 0) is 129 Å². The van der Waals surface area contributed by atoms with Gasteiger partial charge in [0.05, 0.1) is 17.7 Å². The fourth-order valence-electron chi connectivity index (χ4n) is 11.3. The van der Waals surface area contributed by atoms with Gasteiger partial charge in [-0.3, -0.25) is 0 Å². The van der Waals surface area contributed by atoms with Crippen LogP contribution in [0, 0.1) is 32.5 Å². The van der Waals surface area contributed by atoms with Gasteiger partial charge < -0.3 is 27.7 Å². The average Bonchev–Trinajstić information content (AvgIpc) is 3.25. The van der Waals surface area contributed by atoms with Gasteiger partial charge in [-0.25, -0.2) is 22.0 Å². The van der Waals surface area contributed by atoms with Gasteiger partial charge in [0.25, 0.3) is 11.8 Å². The summed E-state index contributed by atoms with van der Waals surface area (Å²) in [6.07, 6.45) is 13.5. The highest BCUT2D eigenvalue weighted by Gasteiger charge is 2.57. The maximum Gasteiger partial charge on any atom is 0.269 e. The molecule has 4 saturated carbocycles. The SMILES string of the molecule is Cc1ccccc1[C@]1(N)CCCCC1(F)F.Cc1ccccc1[C@]1(N)CCCCC12CCO2.Cc1ccccc1[C@]1(N)CCCCC1C.N[C@@]1(c2cccc(F)c2)CCCCC1(F)F. The number of hydrogen-bond donors (Lipinski definition) is 4. The van der Waals surface area contributed by atoms with Crippen molar-refractivity contribution in [3.05, 3.63) is 142 Å². The number of alkyl halides is 4. The summed E-state index contributed by atoms with van der Waals surface area (Å²) in [5.74, 6) is -5.67. The largest absolute Gasteiger partial charge is 0.373 e. The third-order valence-corrected chi connectivity index (χ3v) is 15.6. The van der Waals surface area contributed by atoms with Gasteiger partial charge in [0, 0.05) is 24.8 Å². The summed E-state index contributed by atoms with van der Waals surface area (Å²) >= 11 is 0. The summed E-state index contributed by atoms with van der Waals surface area (Å²) in [7, 11) is 0. The standard InChI is InChI=1S/C15H21NO.C14H21N.C13H17F2N.C12H14F3N/c1-12-6-2-3-7-13(12)15(16)9-5-4-8-14(15)10-11-17-14;1-11-7-3-4-9-13(11)14(15)10-6-5-8-12(14)2;1-10-6-2-3-7-11(10)12(16)8-4-5-9-13(12,14)15;13-10-5-3-4-9(8-10)11(16)6-1-2-7-12(11,14)15/h2-3,6-7H,4-5,8-11,16H2,1H3;3-4,7,9,12H,5-6,8,10,15H2,1-2H3;2-3,6-7H,4-5,8-9,16H2,1H3;3-5,8H,1-2,6-7,16H2/t14?,15-;12?,14-;12-;11-/m1011/s1. The molecule has 2 unspecified atom stereocenters. The molecule has 0 amide bonds. The molecule has 64 heavy (non-hydrogen) atoms. The van der Waals surface area contributed by atoms with E-state index in [0.29, 0.717) is 37.2 Å². The van der Waals surface area contributed by atoms with E-state index in [1.165, 1.54) is 72.6 Å². The van der Waals surface area contributed by atoms with Crippen molar-refractivity contribution >= 4 is 0 Å². The van der Waals surface area contributed by atoms with Gasteiger partial charge in [-0.15, -0.1) is 0 Å². The van der Waals surface area contributed by atoms with Crippen LogP contribution in [0.1, 0.15) is 155 Å². The second-order valence-corrected chi connectivity index (χ2v) is 19.7. The van der Waals surface area contributed by atoms with E-state index in [9.17, 15) is 22.0 Å². The Morgan fingerprint density at radius 1 is 0.484 bits per heavy atom. The summed E-state index contributed by atoms with van der Waals surface area (Å²) < 4.78 is 74.6. The van der Waals surface area contributed by atoms with Gasteiger partial charge in [0.1, 0.15) is 16.9 Å². The molecule has 10 heteroatoms. The first-order valence-corrected chi connectivity index (χ1v) is 23.7. The molecule has 4 aromatic carbocycles. The quantitative estimate of drug-likeness (QED) is 0.152. The molecule has 4 aliphatic carbocycles. The summed E-state index contributed by atoms with van der Waals surface area (Å²) in [4.78, 5) is 0. The lowest BCUT2D eigenvalue weighted by Gasteiger charge is -2.57. The van der Waals surface area contributed by atoms with Crippen molar-refractivity contribution in [3.8, 4) is 0 Å². The Kier molecular flexibility index (Phi) is 15.6. The molecule has 1 aliphatic heterocycles. The molecule has 0 radical (unpaired) electrons.